The zero-order valence-electron chi connectivity index (χ0n) is 18.0. The number of ketones is 1. The van der Waals surface area contributed by atoms with Crippen molar-refractivity contribution in [1.29, 1.82) is 0 Å². The second-order valence-corrected chi connectivity index (χ2v) is 8.07. The Morgan fingerprint density at radius 3 is 2.59 bits per heavy atom. The summed E-state index contributed by atoms with van der Waals surface area (Å²) in [6.07, 6.45) is 5.46. The summed E-state index contributed by atoms with van der Waals surface area (Å²) in [6, 6.07) is 15.2. The summed E-state index contributed by atoms with van der Waals surface area (Å²) in [4.78, 5) is 35.6. The summed E-state index contributed by atoms with van der Waals surface area (Å²) in [5.74, 6) is 0.882. The number of hydrogen-bond acceptors (Lipinski definition) is 7. The number of carbonyl (C=O) groups is 1. The third-order valence-corrected chi connectivity index (χ3v) is 5.79. The molecule has 0 bridgehead atoms. The van der Waals surface area contributed by atoms with Crippen molar-refractivity contribution in [3.8, 4) is 11.4 Å². The van der Waals surface area contributed by atoms with E-state index in [2.05, 4.69) is 31.8 Å². The molecule has 7 heteroatoms. The van der Waals surface area contributed by atoms with Crippen LogP contribution >= 0.6 is 0 Å². The minimum Gasteiger partial charge on any atom is -0.354 e. The molecule has 5 heterocycles. The van der Waals surface area contributed by atoms with E-state index in [9.17, 15) is 4.79 Å². The van der Waals surface area contributed by atoms with Crippen LogP contribution in [-0.2, 0) is 6.42 Å². The van der Waals surface area contributed by atoms with Gasteiger partial charge in [0.2, 0.25) is 0 Å². The lowest BCUT2D eigenvalue weighted by molar-refractivity contribution is 0.0992. The van der Waals surface area contributed by atoms with Crippen molar-refractivity contribution in [2.75, 3.05) is 38.1 Å². The molecule has 7 nitrogen and oxygen atoms in total. The average molecular weight is 425 g/mol. The highest BCUT2D eigenvalue weighted by molar-refractivity contribution is 5.98. The molecular weight excluding hydrogens is 400 g/mol. The first kappa shape index (κ1) is 20.2. The van der Waals surface area contributed by atoms with Gasteiger partial charge in [-0.3, -0.25) is 14.8 Å². The van der Waals surface area contributed by atoms with E-state index in [4.69, 9.17) is 4.98 Å². The van der Waals surface area contributed by atoms with Gasteiger partial charge in [0, 0.05) is 55.7 Å². The van der Waals surface area contributed by atoms with Gasteiger partial charge in [-0.2, -0.15) is 0 Å². The highest BCUT2D eigenvalue weighted by Crippen LogP contribution is 2.20. The summed E-state index contributed by atoms with van der Waals surface area (Å²) >= 11 is 0. The van der Waals surface area contributed by atoms with Crippen molar-refractivity contribution in [3.05, 3.63) is 78.4 Å². The summed E-state index contributed by atoms with van der Waals surface area (Å²) < 4.78 is 0. The Labute approximate surface area is 186 Å². The van der Waals surface area contributed by atoms with E-state index >= 15 is 0 Å². The van der Waals surface area contributed by atoms with Crippen LogP contribution in [0.2, 0.25) is 0 Å². The van der Waals surface area contributed by atoms with Gasteiger partial charge in [0.05, 0.1) is 29.0 Å². The van der Waals surface area contributed by atoms with Gasteiger partial charge in [-0.25, -0.2) is 9.97 Å². The maximum absolute atomic E-state index is 13.0. The molecule has 0 N–H and O–H groups in total. The number of fused-ring (bicyclic) bond motifs is 1. The monoisotopic (exact) mass is 424 g/mol. The number of hydrogen-bond donors (Lipinski definition) is 0. The predicted octanol–water partition coefficient (Wildman–Crippen LogP) is 3.26. The molecule has 160 valence electrons. The Hall–Kier alpha value is -3.71. The van der Waals surface area contributed by atoms with Crippen molar-refractivity contribution in [2.24, 2.45) is 0 Å². The second-order valence-electron chi connectivity index (χ2n) is 8.07. The fraction of sp³-hybridized carbons (Fsp3) is 0.240. The van der Waals surface area contributed by atoms with Gasteiger partial charge in [-0.15, -0.1) is 0 Å². The molecule has 0 amide bonds. The number of pyridine rings is 4. The van der Waals surface area contributed by atoms with Crippen LogP contribution in [-0.4, -0.2) is 63.8 Å². The summed E-state index contributed by atoms with van der Waals surface area (Å²) in [6.45, 7) is 3.82. The lowest BCUT2D eigenvalue weighted by atomic mass is 10.1. The zero-order valence-corrected chi connectivity index (χ0v) is 18.0. The lowest BCUT2D eigenvalue weighted by Crippen LogP contribution is -2.44. The number of carbonyl (C=O) groups excluding carboxylic acids is 1. The molecule has 0 aliphatic carbocycles. The molecule has 4 aromatic rings. The first-order valence-corrected chi connectivity index (χ1v) is 10.8. The number of anilines is 1. The highest BCUT2D eigenvalue weighted by atomic mass is 16.1. The molecule has 5 rings (SSSR count). The minimum atomic E-state index is 0.0236. The number of nitrogens with zero attached hydrogens (tertiary/aromatic N) is 6. The molecule has 0 saturated carbocycles. The zero-order chi connectivity index (χ0) is 21.9. The third kappa shape index (κ3) is 4.33. The van der Waals surface area contributed by atoms with E-state index < -0.39 is 0 Å². The van der Waals surface area contributed by atoms with Crippen LogP contribution in [0.1, 0.15) is 16.1 Å². The third-order valence-electron chi connectivity index (χ3n) is 5.79. The summed E-state index contributed by atoms with van der Waals surface area (Å²) in [5, 5.41) is 0.933. The molecule has 1 aliphatic rings. The van der Waals surface area contributed by atoms with Gasteiger partial charge in [-0.1, -0.05) is 6.07 Å². The predicted molar refractivity (Wildman–Crippen MR) is 125 cm³/mol. The first-order chi connectivity index (χ1) is 15.7. The van der Waals surface area contributed by atoms with Crippen LogP contribution in [0.15, 0.2) is 67.1 Å². The number of rotatable bonds is 5. The quantitative estimate of drug-likeness (QED) is 0.455. The van der Waals surface area contributed by atoms with Gasteiger partial charge in [0.1, 0.15) is 5.82 Å². The second kappa shape index (κ2) is 8.80. The largest absolute Gasteiger partial charge is 0.354 e. The van der Waals surface area contributed by atoms with Gasteiger partial charge in [0.25, 0.3) is 0 Å². The van der Waals surface area contributed by atoms with Gasteiger partial charge in [0.15, 0.2) is 5.78 Å². The molecule has 0 aromatic carbocycles. The molecule has 4 aromatic heterocycles. The highest BCUT2D eigenvalue weighted by Gasteiger charge is 2.17. The molecule has 0 atom stereocenters. The maximum Gasteiger partial charge on any atom is 0.169 e. The Morgan fingerprint density at radius 2 is 1.78 bits per heavy atom. The van der Waals surface area contributed by atoms with Crippen molar-refractivity contribution in [1.82, 2.24) is 24.8 Å². The number of likely N-dealkylation sites (N-methyl/N-ethyl adjacent to an activating group) is 1. The van der Waals surface area contributed by atoms with Crippen LogP contribution in [0, 0.1) is 0 Å². The molecule has 0 unspecified atom stereocenters. The van der Waals surface area contributed by atoms with E-state index in [-0.39, 0.29) is 12.2 Å². The standard InChI is InChI=1S/C25H24N6O/c1-30-10-12-31(13-11-30)25-14-18(7-9-27-25)24(32)16-20-15-23-19(17-28-20)5-6-22(29-23)21-4-2-3-8-26-21/h2-9,14-15,17H,10-13,16H2,1H3. The van der Waals surface area contributed by atoms with E-state index in [0.29, 0.717) is 11.3 Å². The fourth-order valence-corrected chi connectivity index (χ4v) is 3.88. The van der Waals surface area contributed by atoms with Crippen molar-refractivity contribution in [2.45, 2.75) is 6.42 Å². The van der Waals surface area contributed by atoms with E-state index in [0.717, 1.165) is 54.3 Å². The molecule has 1 fully saturated rings. The smallest absolute Gasteiger partial charge is 0.169 e. The van der Waals surface area contributed by atoms with Crippen LogP contribution in [0.3, 0.4) is 0 Å². The van der Waals surface area contributed by atoms with Crippen LogP contribution in [0.25, 0.3) is 22.3 Å². The average Bonchev–Trinajstić information content (AvgIpc) is 2.84. The van der Waals surface area contributed by atoms with E-state index in [1.807, 2.05) is 42.5 Å². The number of aromatic nitrogens is 4. The van der Waals surface area contributed by atoms with Crippen LogP contribution in [0.4, 0.5) is 5.82 Å². The van der Waals surface area contributed by atoms with Crippen molar-refractivity contribution >= 4 is 22.5 Å². The molecule has 0 radical (unpaired) electrons. The normalized spacial score (nSPS) is 14.6. The number of Topliss-reactive ketones (excluding diaryl/α,β-unsaturated/α-hetero) is 1. The topological polar surface area (TPSA) is 75.1 Å². The maximum atomic E-state index is 13.0. The SMILES string of the molecule is CN1CCN(c2cc(C(=O)Cc3cc4nc(-c5ccccn5)ccc4cn3)ccn2)CC1. The minimum absolute atomic E-state index is 0.0236. The Morgan fingerprint density at radius 1 is 0.906 bits per heavy atom. The van der Waals surface area contributed by atoms with Gasteiger partial charge in [-0.05, 0) is 49.5 Å². The first-order valence-electron chi connectivity index (χ1n) is 10.8. The van der Waals surface area contributed by atoms with Crippen LogP contribution in [0.5, 0.6) is 0 Å². The number of piperazine rings is 1. The molecule has 1 aliphatic heterocycles. The molecule has 1 saturated heterocycles. The van der Waals surface area contributed by atoms with Gasteiger partial charge >= 0.3 is 0 Å². The fourth-order valence-electron chi connectivity index (χ4n) is 3.88. The summed E-state index contributed by atoms with van der Waals surface area (Å²) in [7, 11) is 2.12. The van der Waals surface area contributed by atoms with Crippen molar-refractivity contribution in [3.63, 3.8) is 0 Å². The van der Waals surface area contributed by atoms with E-state index in [1.165, 1.54) is 0 Å². The Kier molecular flexibility index (Phi) is 5.56. The van der Waals surface area contributed by atoms with Crippen molar-refractivity contribution < 1.29 is 4.79 Å². The van der Waals surface area contributed by atoms with Crippen LogP contribution < -0.4 is 4.90 Å². The summed E-state index contributed by atoms with van der Waals surface area (Å²) in [5.41, 5.74) is 3.78. The Balaban J connectivity index is 1.36. The Bertz CT molecular complexity index is 1250. The molecule has 0 spiro atoms. The molecule has 32 heavy (non-hydrogen) atoms. The van der Waals surface area contributed by atoms with Gasteiger partial charge < -0.3 is 9.80 Å². The lowest BCUT2D eigenvalue weighted by Gasteiger charge is -2.33. The molecular formula is C25H24N6O. The van der Waals surface area contributed by atoms with E-state index in [1.54, 1.807) is 24.7 Å².